The molecule has 0 atom stereocenters. The molecule has 0 spiro atoms. The summed E-state index contributed by atoms with van der Waals surface area (Å²) < 4.78 is 5.02. The predicted octanol–water partition coefficient (Wildman–Crippen LogP) is 1.13. The molecule has 122 valence electrons. The van der Waals surface area contributed by atoms with Gasteiger partial charge in [-0.1, -0.05) is 6.07 Å². The van der Waals surface area contributed by atoms with Crippen molar-refractivity contribution < 1.29 is 18.8 Å². The Bertz CT molecular complexity index is 638. The first-order valence-electron chi connectivity index (χ1n) is 7.07. The van der Waals surface area contributed by atoms with E-state index in [9.17, 15) is 14.4 Å². The highest BCUT2D eigenvalue weighted by Gasteiger charge is 2.14. The maximum absolute atomic E-state index is 11.6. The zero-order valence-corrected chi connectivity index (χ0v) is 13.2. The molecule has 0 radical (unpaired) electrons. The molecule has 0 fully saturated rings. The first kappa shape index (κ1) is 16.8. The number of thiophene rings is 1. The maximum Gasteiger partial charge on any atom is 0.327 e. The van der Waals surface area contributed by atoms with E-state index in [0.29, 0.717) is 12.2 Å². The summed E-state index contributed by atoms with van der Waals surface area (Å²) in [6.07, 6.45) is 3.22. The van der Waals surface area contributed by atoms with E-state index in [1.807, 2.05) is 17.5 Å². The van der Waals surface area contributed by atoms with Crippen LogP contribution >= 0.6 is 11.3 Å². The Hall–Kier alpha value is -2.61. The van der Waals surface area contributed by atoms with Gasteiger partial charge in [0.15, 0.2) is 0 Å². The van der Waals surface area contributed by atoms with Gasteiger partial charge >= 0.3 is 11.8 Å². The average Bonchev–Trinajstić information content (AvgIpc) is 3.23. The number of rotatable bonds is 6. The minimum absolute atomic E-state index is 0.105. The second kappa shape index (κ2) is 8.74. The van der Waals surface area contributed by atoms with Crippen molar-refractivity contribution >= 4 is 29.1 Å². The van der Waals surface area contributed by atoms with Crippen LogP contribution in [0.3, 0.4) is 0 Å². The van der Waals surface area contributed by atoms with Crippen molar-refractivity contribution in [1.29, 1.82) is 0 Å². The first-order chi connectivity index (χ1) is 11.1. The molecule has 2 aromatic heterocycles. The van der Waals surface area contributed by atoms with Crippen molar-refractivity contribution in [1.82, 2.24) is 16.2 Å². The average molecular weight is 335 g/mol. The molecule has 0 unspecified atom stereocenters. The molecule has 2 heterocycles. The molecule has 2 rings (SSSR count). The molecule has 0 aliphatic rings. The lowest BCUT2D eigenvalue weighted by Crippen LogP contribution is -2.48. The van der Waals surface area contributed by atoms with Gasteiger partial charge in [0, 0.05) is 11.3 Å². The zero-order valence-electron chi connectivity index (χ0n) is 12.3. The Morgan fingerprint density at radius 3 is 2.65 bits per heavy atom. The monoisotopic (exact) mass is 335 g/mol. The van der Waals surface area contributed by atoms with E-state index in [0.717, 1.165) is 6.42 Å². The number of hydrogen-bond donors (Lipinski definition) is 3. The number of hydrogen-bond acceptors (Lipinski definition) is 5. The molecule has 0 saturated heterocycles. The summed E-state index contributed by atoms with van der Waals surface area (Å²) in [5.41, 5.74) is 4.29. The molecule has 3 amide bonds. The molecular weight excluding hydrogens is 318 g/mol. The van der Waals surface area contributed by atoms with Crippen LogP contribution in [0, 0.1) is 0 Å². The van der Waals surface area contributed by atoms with Crippen LogP contribution in [0.1, 0.15) is 23.5 Å². The lowest BCUT2D eigenvalue weighted by molar-refractivity contribution is -0.141. The van der Waals surface area contributed by atoms with Crippen molar-refractivity contribution in [3.05, 3.63) is 46.5 Å². The van der Waals surface area contributed by atoms with Crippen LogP contribution < -0.4 is 16.2 Å². The van der Waals surface area contributed by atoms with Gasteiger partial charge in [0.25, 0.3) is 0 Å². The standard InChI is InChI=1S/C15H17N3O4S/c19-13(7-1-5-12-6-3-9-23-12)17-18-15(21)14(20)16-10-11-4-2-8-22-11/h2-4,6,8-9H,1,5,7,10H2,(H,16,20)(H,17,19)(H,18,21). The summed E-state index contributed by atoms with van der Waals surface area (Å²) in [6.45, 7) is 0.105. The van der Waals surface area contributed by atoms with Gasteiger partial charge in [0.1, 0.15) is 5.76 Å². The van der Waals surface area contributed by atoms with Crippen LogP contribution in [0.2, 0.25) is 0 Å². The predicted molar refractivity (Wildman–Crippen MR) is 84.1 cm³/mol. The van der Waals surface area contributed by atoms with Crippen molar-refractivity contribution in [2.45, 2.75) is 25.8 Å². The SMILES string of the molecule is O=C(CCCc1cccs1)NNC(=O)C(=O)NCc1ccco1. The Labute approximate surface area is 137 Å². The van der Waals surface area contributed by atoms with Crippen LogP contribution in [0.5, 0.6) is 0 Å². The molecule has 0 aromatic carbocycles. The number of amides is 3. The van der Waals surface area contributed by atoms with Crippen molar-refractivity contribution in [3.63, 3.8) is 0 Å². The molecule has 3 N–H and O–H groups in total. The summed E-state index contributed by atoms with van der Waals surface area (Å²) in [5, 5.41) is 4.36. The topological polar surface area (TPSA) is 100 Å². The Morgan fingerprint density at radius 2 is 1.96 bits per heavy atom. The fourth-order valence-corrected chi connectivity index (χ4v) is 2.54. The number of furan rings is 1. The Morgan fingerprint density at radius 1 is 1.09 bits per heavy atom. The fraction of sp³-hybridized carbons (Fsp3) is 0.267. The summed E-state index contributed by atoms with van der Waals surface area (Å²) in [5.74, 6) is -1.58. The van der Waals surface area contributed by atoms with Crippen molar-refractivity contribution in [3.8, 4) is 0 Å². The molecule has 0 bridgehead atoms. The third-order valence-electron chi connectivity index (χ3n) is 2.93. The minimum atomic E-state index is -0.928. The van der Waals surface area contributed by atoms with Gasteiger partial charge in [-0.25, -0.2) is 0 Å². The van der Waals surface area contributed by atoms with Crippen LogP contribution in [0.15, 0.2) is 40.3 Å². The summed E-state index contributed by atoms with van der Waals surface area (Å²) in [4.78, 5) is 35.8. The summed E-state index contributed by atoms with van der Waals surface area (Å²) >= 11 is 1.64. The van der Waals surface area contributed by atoms with Gasteiger partial charge in [0.2, 0.25) is 5.91 Å². The normalized spacial score (nSPS) is 10.1. The zero-order chi connectivity index (χ0) is 16.5. The largest absolute Gasteiger partial charge is 0.467 e. The molecule has 0 saturated carbocycles. The van der Waals surface area contributed by atoms with E-state index in [1.165, 1.54) is 11.1 Å². The molecular formula is C15H17N3O4S. The number of nitrogens with one attached hydrogen (secondary N) is 3. The molecule has 2 aromatic rings. The second-order valence-electron chi connectivity index (χ2n) is 4.70. The molecule has 8 heteroatoms. The number of aryl methyl sites for hydroxylation is 1. The van der Waals surface area contributed by atoms with Crippen molar-refractivity contribution in [2.75, 3.05) is 0 Å². The minimum Gasteiger partial charge on any atom is -0.467 e. The lowest BCUT2D eigenvalue weighted by atomic mass is 10.2. The molecule has 0 aliphatic heterocycles. The summed E-state index contributed by atoms with van der Waals surface area (Å²) in [7, 11) is 0. The first-order valence-corrected chi connectivity index (χ1v) is 7.95. The van der Waals surface area contributed by atoms with Gasteiger partial charge in [0.05, 0.1) is 12.8 Å². The molecule has 0 aliphatic carbocycles. The quantitative estimate of drug-likeness (QED) is 0.544. The van der Waals surface area contributed by atoms with E-state index in [1.54, 1.807) is 23.5 Å². The van der Waals surface area contributed by atoms with E-state index in [4.69, 9.17) is 4.42 Å². The van der Waals surface area contributed by atoms with Gasteiger partial charge in [-0.05, 0) is 36.4 Å². The highest BCUT2D eigenvalue weighted by atomic mass is 32.1. The maximum atomic E-state index is 11.6. The number of carbonyl (C=O) groups excluding carboxylic acids is 3. The van der Waals surface area contributed by atoms with Gasteiger partial charge in [-0.2, -0.15) is 0 Å². The van der Waals surface area contributed by atoms with Crippen LogP contribution in [0.25, 0.3) is 0 Å². The third kappa shape index (κ3) is 5.95. The summed E-state index contributed by atoms with van der Waals surface area (Å²) in [6, 6.07) is 7.32. The van der Waals surface area contributed by atoms with E-state index in [2.05, 4.69) is 16.2 Å². The van der Waals surface area contributed by atoms with Gasteiger partial charge < -0.3 is 9.73 Å². The van der Waals surface area contributed by atoms with Gasteiger partial charge in [-0.15, -0.1) is 11.3 Å². The van der Waals surface area contributed by atoms with Crippen LogP contribution in [-0.4, -0.2) is 17.7 Å². The fourth-order valence-electron chi connectivity index (χ4n) is 1.78. The highest BCUT2D eigenvalue weighted by molar-refractivity contribution is 7.09. The van der Waals surface area contributed by atoms with E-state index < -0.39 is 11.8 Å². The third-order valence-corrected chi connectivity index (χ3v) is 3.87. The van der Waals surface area contributed by atoms with Crippen LogP contribution in [0.4, 0.5) is 0 Å². The van der Waals surface area contributed by atoms with Crippen molar-refractivity contribution in [2.24, 2.45) is 0 Å². The van der Waals surface area contributed by atoms with E-state index >= 15 is 0 Å². The lowest BCUT2D eigenvalue weighted by Gasteiger charge is -2.07. The molecule has 23 heavy (non-hydrogen) atoms. The Kier molecular flexibility index (Phi) is 6.37. The van der Waals surface area contributed by atoms with Gasteiger partial charge in [-0.3, -0.25) is 25.2 Å². The highest BCUT2D eigenvalue weighted by Crippen LogP contribution is 2.11. The van der Waals surface area contributed by atoms with E-state index in [-0.39, 0.29) is 18.9 Å². The Balaban J connectivity index is 1.59. The second-order valence-corrected chi connectivity index (χ2v) is 5.73. The van der Waals surface area contributed by atoms with Crippen LogP contribution in [-0.2, 0) is 27.3 Å². The smallest absolute Gasteiger partial charge is 0.327 e. The number of hydrazine groups is 1. The number of carbonyl (C=O) groups is 3. The molecule has 7 nitrogen and oxygen atoms in total.